The van der Waals surface area contributed by atoms with Crippen LogP contribution in [0.25, 0.3) is 0 Å². The van der Waals surface area contributed by atoms with Crippen LogP contribution in [0, 0.1) is 0 Å². The maximum Gasteiger partial charge on any atom is 0.251 e. The van der Waals surface area contributed by atoms with Crippen LogP contribution in [0.4, 0.5) is 0 Å². The summed E-state index contributed by atoms with van der Waals surface area (Å²) in [7, 11) is 1.56. The Morgan fingerprint density at radius 2 is 1.90 bits per heavy atom. The number of hydrogen-bond acceptors (Lipinski definition) is 4. The van der Waals surface area contributed by atoms with Crippen LogP contribution < -0.4 is 14.8 Å². The first-order valence-corrected chi connectivity index (χ1v) is 10.3. The number of nitrogens with one attached hydrogen (secondary N) is 1. The van der Waals surface area contributed by atoms with Crippen LogP contribution in [0.5, 0.6) is 11.5 Å². The number of halogens is 2. The number of pyridine rings is 1. The van der Waals surface area contributed by atoms with Crippen molar-refractivity contribution in [3.63, 3.8) is 0 Å². The molecule has 0 aliphatic carbocycles. The Kier molecular flexibility index (Phi) is 7.94. The third-order valence-electron chi connectivity index (χ3n) is 4.46. The van der Waals surface area contributed by atoms with Gasteiger partial charge in [0.15, 0.2) is 11.5 Å². The number of carbonyl (C=O) groups excluding carboxylic acids is 1. The molecule has 0 unspecified atom stereocenters. The molecule has 1 aromatic heterocycles. The van der Waals surface area contributed by atoms with Crippen molar-refractivity contribution < 1.29 is 14.3 Å². The molecule has 0 aliphatic heterocycles. The average Bonchev–Trinajstić information content (AvgIpc) is 2.76. The number of aromatic nitrogens is 1. The van der Waals surface area contributed by atoms with E-state index < -0.39 is 0 Å². The van der Waals surface area contributed by atoms with Crippen LogP contribution in [0.1, 0.15) is 21.6 Å². The molecule has 0 fully saturated rings. The van der Waals surface area contributed by atoms with Gasteiger partial charge >= 0.3 is 0 Å². The first-order chi connectivity index (χ1) is 14.6. The van der Waals surface area contributed by atoms with Gasteiger partial charge in [0.25, 0.3) is 5.91 Å². The molecule has 30 heavy (non-hydrogen) atoms. The van der Waals surface area contributed by atoms with E-state index in [2.05, 4.69) is 10.3 Å². The maximum absolute atomic E-state index is 12.5. The van der Waals surface area contributed by atoms with Gasteiger partial charge in [0.1, 0.15) is 0 Å². The first kappa shape index (κ1) is 21.9. The van der Waals surface area contributed by atoms with Crippen molar-refractivity contribution in [2.75, 3.05) is 20.3 Å². The average molecular weight is 445 g/mol. The van der Waals surface area contributed by atoms with Gasteiger partial charge < -0.3 is 14.8 Å². The van der Waals surface area contributed by atoms with Crippen LogP contribution in [-0.2, 0) is 12.8 Å². The van der Waals surface area contributed by atoms with Crippen molar-refractivity contribution in [1.29, 1.82) is 0 Å². The molecule has 0 saturated heterocycles. The van der Waals surface area contributed by atoms with Gasteiger partial charge in [0.2, 0.25) is 0 Å². The number of benzene rings is 2. The van der Waals surface area contributed by atoms with Crippen LogP contribution in [0.3, 0.4) is 0 Å². The molecule has 0 saturated carbocycles. The number of methoxy groups -OCH3 is 1. The highest BCUT2D eigenvalue weighted by Gasteiger charge is 2.12. The zero-order chi connectivity index (χ0) is 21.3. The minimum Gasteiger partial charge on any atom is -0.493 e. The molecular weight excluding hydrogens is 423 g/mol. The summed E-state index contributed by atoms with van der Waals surface area (Å²) in [5.74, 6) is 0.876. The van der Waals surface area contributed by atoms with Crippen LogP contribution in [0.2, 0.25) is 10.0 Å². The van der Waals surface area contributed by atoms with Crippen LogP contribution in [0.15, 0.2) is 60.8 Å². The molecule has 1 amide bonds. The van der Waals surface area contributed by atoms with Crippen LogP contribution in [-0.4, -0.2) is 31.2 Å². The van der Waals surface area contributed by atoms with Crippen molar-refractivity contribution >= 4 is 29.1 Å². The van der Waals surface area contributed by atoms with E-state index in [9.17, 15) is 4.79 Å². The lowest BCUT2D eigenvalue weighted by Gasteiger charge is -2.13. The summed E-state index contributed by atoms with van der Waals surface area (Å²) in [5.41, 5.74) is 2.36. The van der Waals surface area contributed by atoms with Gasteiger partial charge in [-0.05, 0) is 48.0 Å². The summed E-state index contributed by atoms with van der Waals surface area (Å²) in [5, 5.41) is 4.09. The van der Waals surface area contributed by atoms with Gasteiger partial charge in [-0.1, -0.05) is 35.3 Å². The number of ether oxygens (including phenoxy) is 2. The normalized spacial score (nSPS) is 10.5. The maximum atomic E-state index is 12.5. The van der Waals surface area contributed by atoms with Gasteiger partial charge in [0, 0.05) is 46.9 Å². The lowest BCUT2D eigenvalue weighted by Crippen LogP contribution is -2.25. The van der Waals surface area contributed by atoms with E-state index in [0.717, 1.165) is 11.3 Å². The van der Waals surface area contributed by atoms with E-state index in [1.165, 1.54) is 0 Å². The van der Waals surface area contributed by atoms with Crippen molar-refractivity contribution in [3.8, 4) is 11.5 Å². The minimum absolute atomic E-state index is 0.181. The number of hydrogen-bond donors (Lipinski definition) is 1. The Hall–Kier alpha value is -2.76. The number of amides is 1. The summed E-state index contributed by atoms with van der Waals surface area (Å²) in [4.78, 5) is 16.8. The molecule has 3 rings (SSSR count). The Morgan fingerprint density at radius 3 is 2.63 bits per heavy atom. The minimum atomic E-state index is -0.181. The lowest BCUT2D eigenvalue weighted by molar-refractivity contribution is 0.0953. The second kappa shape index (κ2) is 10.9. The van der Waals surface area contributed by atoms with Gasteiger partial charge in [-0.15, -0.1) is 0 Å². The highest BCUT2D eigenvalue weighted by molar-refractivity contribution is 6.35. The zero-order valence-corrected chi connectivity index (χ0v) is 18.0. The monoisotopic (exact) mass is 444 g/mol. The summed E-state index contributed by atoms with van der Waals surface area (Å²) >= 11 is 12.1. The first-order valence-electron chi connectivity index (χ1n) is 9.49. The van der Waals surface area contributed by atoms with Gasteiger partial charge in [-0.25, -0.2) is 0 Å². The fourth-order valence-electron chi connectivity index (χ4n) is 2.88. The predicted molar refractivity (Wildman–Crippen MR) is 119 cm³/mol. The van der Waals surface area contributed by atoms with Crippen LogP contribution >= 0.6 is 23.2 Å². The summed E-state index contributed by atoms with van der Waals surface area (Å²) in [6, 6.07) is 16.2. The molecule has 0 aliphatic rings. The topological polar surface area (TPSA) is 60.5 Å². The van der Waals surface area contributed by atoms with Gasteiger partial charge in [-0.2, -0.15) is 0 Å². The molecule has 1 heterocycles. The molecular formula is C23H22Cl2N2O3. The highest BCUT2D eigenvalue weighted by Crippen LogP contribution is 2.29. The standard InChI is InChI=1S/C23H22Cl2N2O3/c1-29-21-8-6-17(23(28)27-12-9-19-4-2-3-11-26-19)14-22(21)30-13-10-16-5-7-18(24)15-20(16)25/h2-8,11,14-15H,9-10,12-13H2,1H3,(H,27,28). The fraction of sp³-hybridized carbons (Fsp3) is 0.217. The highest BCUT2D eigenvalue weighted by atomic mass is 35.5. The Balaban J connectivity index is 1.59. The van der Waals surface area contributed by atoms with Crippen molar-refractivity contribution in [2.45, 2.75) is 12.8 Å². The molecule has 5 nitrogen and oxygen atoms in total. The van der Waals surface area contributed by atoms with E-state index >= 15 is 0 Å². The molecule has 3 aromatic rings. The number of rotatable bonds is 9. The summed E-state index contributed by atoms with van der Waals surface area (Å²) in [6.45, 7) is 0.871. The molecule has 0 radical (unpaired) electrons. The smallest absolute Gasteiger partial charge is 0.251 e. The molecule has 156 valence electrons. The van der Waals surface area contributed by atoms with E-state index in [1.54, 1.807) is 43.6 Å². The number of carbonyl (C=O) groups is 1. The molecule has 0 atom stereocenters. The molecule has 0 spiro atoms. The van der Waals surface area contributed by atoms with E-state index in [0.29, 0.717) is 53.1 Å². The van der Waals surface area contributed by atoms with E-state index in [1.807, 2.05) is 24.3 Å². The van der Waals surface area contributed by atoms with E-state index in [4.69, 9.17) is 32.7 Å². The van der Waals surface area contributed by atoms with E-state index in [-0.39, 0.29) is 5.91 Å². The quantitative estimate of drug-likeness (QED) is 0.504. The van der Waals surface area contributed by atoms with Crippen molar-refractivity contribution in [2.24, 2.45) is 0 Å². The third-order valence-corrected chi connectivity index (χ3v) is 5.05. The molecule has 7 heteroatoms. The summed E-state index contributed by atoms with van der Waals surface area (Å²) in [6.07, 6.45) is 3.00. The second-order valence-corrected chi connectivity index (χ2v) is 7.37. The fourth-order valence-corrected chi connectivity index (χ4v) is 3.38. The number of nitrogens with zero attached hydrogens (tertiary/aromatic N) is 1. The Bertz CT molecular complexity index is 997. The third kappa shape index (κ3) is 6.12. The van der Waals surface area contributed by atoms with Crippen molar-refractivity contribution in [1.82, 2.24) is 10.3 Å². The van der Waals surface area contributed by atoms with Crippen molar-refractivity contribution in [3.05, 3.63) is 87.7 Å². The Labute approximate surface area is 185 Å². The lowest BCUT2D eigenvalue weighted by atomic mass is 10.1. The SMILES string of the molecule is COc1ccc(C(=O)NCCc2ccccn2)cc1OCCc1ccc(Cl)cc1Cl. The van der Waals surface area contributed by atoms with Gasteiger partial charge in [0.05, 0.1) is 13.7 Å². The second-order valence-electron chi connectivity index (χ2n) is 6.53. The predicted octanol–water partition coefficient (Wildman–Crippen LogP) is 4.99. The largest absolute Gasteiger partial charge is 0.493 e. The van der Waals surface area contributed by atoms with Gasteiger partial charge in [-0.3, -0.25) is 9.78 Å². The molecule has 0 bridgehead atoms. The zero-order valence-electron chi connectivity index (χ0n) is 16.5. The molecule has 2 aromatic carbocycles. The Morgan fingerprint density at radius 1 is 1.03 bits per heavy atom. The summed E-state index contributed by atoms with van der Waals surface area (Å²) < 4.78 is 11.2. The molecule has 1 N–H and O–H groups in total.